The van der Waals surface area contributed by atoms with E-state index in [2.05, 4.69) is 24.0 Å². The van der Waals surface area contributed by atoms with Crippen LogP contribution in [-0.4, -0.2) is 61.1 Å². The Morgan fingerprint density at radius 1 is 1.32 bits per heavy atom. The molecule has 2 aliphatic rings. The predicted molar refractivity (Wildman–Crippen MR) is 98.2 cm³/mol. The fourth-order valence-electron chi connectivity index (χ4n) is 4.01. The van der Waals surface area contributed by atoms with Gasteiger partial charge in [0.2, 0.25) is 10.0 Å². The van der Waals surface area contributed by atoms with Gasteiger partial charge in [-0.05, 0) is 25.0 Å². The van der Waals surface area contributed by atoms with Crippen molar-refractivity contribution in [2.45, 2.75) is 32.7 Å². The van der Waals surface area contributed by atoms with Crippen LogP contribution in [0.1, 0.15) is 29.5 Å². The number of fused-ring (bicyclic) bond motifs is 1. The number of aryl methyl sites for hydroxylation is 1. The van der Waals surface area contributed by atoms with E-state index in [-0.39, 0.29) is 12.5 Å². The molecular formula is C17H26N2O4S2. The van der Waals surface area contributed by atoms with Crippen LogP contribution in [0.5, 0.6) is 0 Å². The summed E-state index contributed by atoms with van der Waals surface area (Å²) in [5, 5.41) is 9.80. The molecule has 6 nitrogen and oxygen atoms in total. The van der Waals surface area contributed by atoms with E-state index in [1.165, 1.54) is 26.9 Å². The topological polar surface area (TPSA) is 77.9 Å². The lowest BCUT2D eigenvalue weighted by Gasteiger charge is -2.24. The van der Waals surface area contributed by atoms with Crippen LogP contribution in [0.2, 0.25) is 0 Å². The second-order valence-corrected chi connectivity index (χ2v) is 10.6. The van der Waals surface area contributed by atoms with Gasteiger partial charge in [-0.25, -0.2) is 12.7 Å². The van der Waals surface area contributed by atoms with E-state index in [4.69, 9.17) is 0 Å². The molecule has 0 saturated carbocycles. The summed E-state index contributed by atoms with van der Waals surface area (Å²) in [6, 6.07) is 4.31. The SMILES string of the molecule is CCCCc1ccc(CN2C[C@@H]3CN(S(C)(=O)=O)C[C@]3(C(=O)O)C2)s1. The maximum atomic E-state index is 12.0. The molecule has 8 heteroatoms. The molecule has 2 fully saturated rings. The molecule has 140 valence electrons. The van der Waals surface area contributed by atoms with Crippen LogP contribution in [0.3, 0.4) is 0 Å². The quantitative estimate of drug-likeness (QED) is 0.774. The molecule has 0 bridgehead atoms. The van der Waals surface area contributed by atoms with Crippen molar-refractivity contribution in [3.63, 3.8) is 0 Å². The van der Waals surface area contributed by atoms with Crippen molar-refractivity contribution < 1.29 is 18.3 Å². The molecule has 0 unspecified atom stereocenters. The molecule has 0 spiro atoms. The smallest absolute Gasteiger partial charge is 0.312 e. The Kier molecular flexibility index (Phi) is 5.26. The average molecular weight is 387 g/mol. The minimum atomic E-state index is -3.34. The normalized spacial score (nSPS) is 27.7. The molecule has 3 heterocycles. The van der Waals surface area contributed by atoms with Gasteiger partial charge in [-0.3, -0.25) is 9.69 Å². The fourth-order valence-corrected chi connectivity index (χ4v) is 6.03. The minimum Gasteiger partial charge on any atom is -0.481 e. The summed E-state index contributed by atoms with van der Waals surface area (Å²) in [4.78, 5) is 16.8. The van der Waals surface area contributed by atoms with Crippen LogP contribution in [-0.2, 0) is 27.8 Å². The highest BCUT2D eigenvalue weighted by Crippen LogP contribution is 2.44. The van der Waals surface area contributed by atoms with Crippen molar-refractivity contribution in [3.05, 3.63) is 21.9 Å². The number of carboxylic acids is 1. The number of nitrogens with zero attached hydrogens (tertiary/aromatic N) is 2. The highest BCUT2D eigenvalue weighted by molar-refractivity contribution is 7.88. The Morgan fingerprint density at radius 3 is 2.64 bits per heavy atom. The van der Waals surface area contributed by atoms with E-state index in [1.54, 1.807) is 11.3 Å². The van der Waals surface area contributed by atoms with Gasteiger partial charge >= 0.3 is 5.97 Å². The van der Waals surface area contributed by atoms with Gasteiger partial charge in [-0.1, -0.05) is 13.3 Å². The Balaban J connectivity index is 1.68. The molecule has 1 N–H and O–H groups in total. The maximum absolute atomic E-state index is 12.0. The molecule has 0 aromatic carbocycles. The average Bonchev–Trinajstić information content (AvgIpc) is 3.17. The number of rotatable bonds is 7. The van der Waals surface area contributed by atoms with Crippen molar-refractivity contribution >= 4 is 27.3 Å². The van der Waals surface area contributed by atoms with Gasteiger partial charge in [-0.15, -0.1) is 11.3 Å². The molecule has 3 rings (SSSR count). The third kappa shape index (κ3) is 3.77. The van der Waals surface area contributed by atoms with Gasteiger partial charge in [-0.2, -0.15) is 0 Å². The van der Waals surface area contributed by atoms with Crippen LogP contribution in [0.15, 0.2) is 12.1 Å². The number of carboxylic acid groups (broad SMARTS) is 1. The molecule has 25 heavy (non-hydrogen) atoms. The summed E-state index contributed by atoms with van der Waals surface area (Å²) < 4.78 is 25.0. The predicted octanol–water partition coefficient (Wildman–Crippen LogP) is 1.87. The van der Waals surface area contributed by atoms with Crippen molar-refractivity contribution in [1.29, 1.82) is 0 Å². The summed E-state index contributed by atoms with van der Waals surface area (Å²) in [6.07, 6.45) is 4.63. The zero-order chi connectivity index (χ0) is 18.2. The molecule has 2 saturated heterocycles. The summed E-state index contributed by atoms with van der Waals surface area (Å²) in [5.41, 5.74) is -0.967. The highest BCUT2D eigenvalue weighted by atomic mass is 32.2. The lowest BCUT2D eigenvalue weighted by molar-refractivity contribution is -0.148. The third-order valence-corrected chi connectivity index (χ3v) is 7.76. The van der Waals surface area contributed by atoms with E-state index >= 15 is 0 Å². The number of thiophene rings is 1. The molecule has 1 aromatic heterocycles. The fraction of sp³-hybridized carbons (Fsp3) is 0.706. The first-order valence-corrected chi connectivity index (χ1v) is 11.4. The molecule has 0 amide bonds. The first-order valence-electron chi connectivity index (χ1n) is 8.73. The number of sulfonamides is 1. The first-order chi connectivity index (χ1) is 11.7. The molecule has 0 radical (unpaired) electrons. The third-order valence-electron chi connectivity index (χ3n) is 5.42. The maximum Gasteiger partial charge on any atom is 0.312 e. The van der Waals surface area contributed by atoms with Gasteiger partial charge in [0.25, 0.3) is 0 Å². The molecule has 0 aliphatic carbocycles. The Morgan fingerprint density at radius 2 is 2.04 bits per heavy atom. The molecular weight excluding hydrogens is 360 g/mol. The van der Waals surface area contributed by atoms with E-state index in [1.807, 2.05) is 0 Å². The highest BCUT2D eigenvalue weighted by Gasteiger charge is 2.59. The van der Waals surface area contributed by atoms with E-state index in [0.717, 1.165) is 19.2 Å². The van der Waals surface area contributed by atoms with Gasteiger partial charge in [0.05, 0.1) is 11.7 Å². The Labute approximate surface area is 153 Å². The molecule has 1 aromatic rings. The number of carbonyl (C=O) groups is 1. The summed E-state index contributed by atoms with van der Waals surface area (Å²) in [5.74, 6) is -1.01. The van der Waals surface area contributed by atoms with E-state index in [9.17, 15) is 18.3 Å². The van der Waals surface area contributed by atoms with Crippen molar-refractivity contribution in [2.75, 3.05) is 32.4 Å². The summed E-state index contributed by atoms with van der Waals surface area (Å²) in [7, 11) is -3.34. The zero-order valence-corrected chi connectivity index (χ0v) is 16.4. The zero-order valence-electron chi connectivity index (χ0n) is 14.8. The van der Waals surface area contributed by atoms with Gasteiger partial charge in [0, 0.05) is 48.4 Å². The Hall–Kier alpha value is -0.960. The van der Waals surface area contributed by atoms with Crippen LogP contribution in [0.4, 0.5) is 0 Å². The number of hydrogen-bond acceptors (Lipinski definition) is 5. The number of likely N-dealkylation sites (tertiary alicyclic amines) is 1. The van der Waals surface area contributed by atoms with Gasteiger partial charge < -0.3 is 5.11 Å². The van der Waals surface area contributed by atoms with Crippen LogP contribution >= 0.6 is 11.3 Å². The van der Waals surface area contributed by atoms with Crippen LogP contribution in [0.25, 0.3) is 0 Å². The summed E-state index contributed by atoms with van der Waals surface area (Å²) in [6.45, 7) is 4.40. The van der Waals surface area contributed by atoms with Crippen LogP contribution in [0, 0.1) is 11.3 Å². The monoisotopic (exact) mass is 386 g/mol. The lowest BCUT2D eigenvalue weighted by atomic mass is 9.81. The van der Waals surface area contributed by atoms with Crippen molar-refractivity contribution in [3.8, 4) is 0 Å². The van der Waals surface area contributed by atoms with E-state index in [0.29, 0.717) is 19.6 Å². The standard InChI is InChI=1S/C17H26N2O4S2/c1-3-4-5-14-6-7-15(24-14)10-18-8-13-9-19(25(2,22)23)12-17(13,11-18)16(20)21/h6-7,13H,3-5,8-12H2,1-2H3,(H,20,21)/t13-,17-/m1/s1. The second kappa shape index (κ2) is 6.98. The minimum absolute atomic E-state index is 0.0918. The second-order valence-electron chi connectivity index (χ2n) is 7.35. The van der Waals surface area contributed by atoms with Crippen molar-refractivity contribution in [2.24, 2.45) is 11.3 Å². The summed E-state index contributed by atoms with van der Waals surface area (Å²) >= 11 is 1.80. The molecule has 2 aliphatic heterocycles. The van der Waals surface area contributed by atoms with Crippen LogP contribution < -0.4 is 0 Å². The number of aliphatic carboxylic acids is 1. The van der Waals surface area contributed by atoms with Gasteiger partial charge in [0.1, 0.15) is 0 Å². The van der Waals surface area contributed by atoms with Crippen molar-refractivity contribution in [1.82, 2.24) is 9.21 Å². The Bertz CT molecular complexity index is 746. The molecule has 2 atom stereocenters. The lowest BCUT2D eigenvalue weighted by Crippen LogP contribution is -2.41. The number of hydrogen-bond donors (Lipinski definition) is 1. The van der Waals surface area contributed by atoms with Gasteiger partial charge in [0.15, 0.2) is 0 Å². The number of unbranched alkanes of at least 4 members (excludes halogenated alkanes) is 1. The first kappa shape index (κ1) is 18.8. The largest absolute Gasteiger partial charge is 0.481 e. The van der Waals surface area contributed by atoms with E-state index < -0.39 is 21.4 Å².